The lowest BCUT2D eigenvalue weighted by Crippen LogP contribution is -2.45. The number of amides is 1. The summed E-state index contributed by atoms with van der Waals surface area (Å²) in [7, 11) is 0. The Morgan fingerprint density at radius 1 is 1.32 bits per heavy atom. The molecule has 1 aliphatic heterocycles. The van der Waals surface area contributed by atoms with E-state index in [0.717, 1.165) is 30.9 Å². The van der Waals surface area contributed by atoms with Gasteiger partial charge in [0.2, 0.25) is 5.91 Å². The number of hydrogen-bond acceptors (Lipinski definition) is 4. The van der Waals surface area contributed by atoms with Crippen molar-refractivity contribution < 1.29 is 4.79 Å². The van der Waals surface area contributed by atoms with Crippen molar-refractivity contribution in [3.8, 4) is 5.69 Å². The Balaban J connectivity index is 1.63. The predicted octanol–water partition coefficient (Wildman–Crippen LogP) is 1.15. The van der Waals surface area contributed by atoms with Crippen molar-refractivity contribution >= 4 is 5.91 Å². The summed E-state index contributed by atoms with van der Waals surface area (Å²) in [5.41, 5.74) is 6.94. The van der Waals surface area contributed by atoms with Crippen LogP contribution in [0.4, 0.5) is 0 Å². The number of rotatable bonds is 4. The molecule has 6 nitrogen and oxygen atoms in total. The monoisotopic (exact) mass is 299 g/mol. The number of para-hydroxylation sites is 1. The molecular formula is C16H21N5O. The molecule has 3 rings (SSSR count). The number of aryl methyl sites for hydroxylation is 1. The molecule has 2 N–H and O–H groups in total. The van der Waals surface area contributed by atoms with Crippen molar-refractivity contribution in [2.24, 2.45) is 5.73 Å². The summed E-state index contributed by atoms with van der Waals surface area (Å²) in [5, 5.41) is 8.11. The minimum Gasteiger partial charge on any atom is -0.341 e. The zero-order valence-electron chi connectivity index (χ0n) is 12.6. The molecule has 0 saturated carbocycles. The first-order valence-corrected chi connectivity index (χ1v) is 7.72. The number of likely N-dealkylation sites (tertiary alicyclic amines) is 1. The van der Waals surface area contributed by atoms with Crippen LogP contribution in [0.3, 0.4) is 0 Å². The third-order valence-electron chi connectivity index (χ3n) is 4.03. The van der Waals surface area contributed by atoms with E-state index in [1.807, 2.05) is 39.8 Å². The Labute approximate surface area is 129 Å². The quantitative estimate of drug-likeness (QED) is 0.918. The number of hydrogen-bond donors (Lipinski definition) is 1. The van der Waals surface area contributed by atoms with Gasteiger partial charge in [0.1, 0.15) is 12.2 Å². The van der Waals surface area contributed by atoms with Crippen molar-refractivity contribution in [2.45, 2.75) is 31.7 Å². The van der Waals surface area contributed by atoms with Crippen molar-refractivity contribution in [1.82, 2.24) is 19.7 Å². The maximum atomic E-state index is 12.3. The highest BCUT2D eigenvalue weighted by Gasteiger charge is 2.21. The molecule has 1 saturated heterocycles. The van der Waals surface area contributed by atoms with Crippen LogP contribution in [-0.2, 0) is 11.2 Å². The fourth-order valence-electron chi connectivity index (χ4n) is 2.85. The van der Waals surface area contributed by atoms with Gasteiger partial charge in [-0.1, -0.05) is 18.2 Å². The first-order chi connectivity index (χ1) is 10.7. The van der Waals surface area contributed by atoms with Crippen LogP contribution in [-0.4, -0.2) is 44.7 Å². The first-order valence-electron chi connectivity index (χ1n) is 7.72. The molecule has 1 amide bonds. The summed E-state index contributed by atoms with van der Waals surface area (Å²) < 4.78 is 1.93. The van der Waals surface area contributed by atoms with E-state index in [1.165, 1.54) is 0 Å². The summed E-state index contributed by atoms with van der Waals surface area (Å²) in [4.78, 5) is 14.2. The Hall–Kier alpha value is -2.21. The maximum Gasteiger partial charge on any atom is 0.223 e. The van der Waals surface area contributed by atoms with E-state index in [1.54, 1.807) is 6.33 Å². The fourth-order valence-corrected chi connectivity index (χ4v) is 2.85. The predicted molar refractivity (Wildman–Crippen MR) is 83.5 cm³/mol. The van der Waals surface area contributed by atoms with E-state index >= 15 is 0 Å². The Bertz CT molecular complexity index is 624. The highest BCUT2D eigenvalue weighted by molar-refractivity contribution is 5.76. The molecule has 1 unspecified atom stereocenters. The van der Waals surface area contributed by atoms with Crippen molar-refractivity contribution in [1.29, 1.82) is 0 Å². The lowest BCUT2D eigenvalue weighted by Gasteiger charge is -2.30. The number of nitrogens with two attached hydrogens (primary N) is 1. The van der Waals surface area contributed by atoms with Crippen LogP contribution in [0.25, 0.3) is 5.69 Å². The molecule has 2 aromatic rings. The third-order valence-corrected chi connectivity index (χ3v) is 4.03. The van der Waals surface area contributed by atoms with Gasteiger partial charge in [0.25, 0.3) is 0 Å². The van der Waals surface area contributed by atoms with E-state index in [-0.39, 0.29) is 11.9 Å². The lowest BCUT2D eigenvalue weighted by atomic mass is 10.1. The van der Waals surface area contributed by atoms with Gasteiger partial charge in [0.05, 0.1) is 0 Å². The topological polar surface area (TPSA) is 77.0 Å². The molecule has 0 bridgehead atoms. The molecule has 6 heteroatoms. The zero-order chi connectivity index (χ0) is 15.4. The summed E-state index contributed by atoms with van der Waals surface area (Å²) >= 11 is 0. The minimum absolute atomic E-state index is 0.116. The van der Waals surface area contributed by atoms with Crippen LogP contribution in [0, 0.1) is 0 Å². The number of nitrogens with zero attached hydrogens (tertiary/aromatic N) is 4. The SMILES string of the molecule is NC1CCCN(C(=O)CCc2nncn2-c2ccccc2)C1. The molecule has 1 aromatic heterocycles. The molecule has 1 aliphatic rings. The summed E-state index contributed by atoms with van der Waals surface area (Å²) in [6, 6.07) is 10.0. The Morgan fingerprint density at radius 2 is 2.14 bits per heavy atom. The van der Waals surface area contributed by atoms with E-state index in [2.05, 4.69) is 10.2 Å². The van der Waals surface area contributed by atoms with E-state index in [9.17, 15) is 4.79 Å². The molecule has 116 valence electrons. The second-order valence-electron chi connectivity index (χ2n) is 5.69. The van der Waals surface area contributed by atoms with Crippen LogP contribution in [0.2, 0.25) is 0 Å². The van der Waals surface area contributed by atoms with Gasteiger partial charge in [0, 0.05) is 37.7 Å². The highest BCUT2D eigenvalue weighted by Crippen LogP contribution is 2.13. The average Bonchev–Trinajstić information content (AvgIpc) is 3.02. The molecule has 1 fully saturated rings. The number of benzene rings is 1. The van der Waals surface area contributed by atoms with Crippen molar-refractivity contribution in [3.63, 3.8) is 0 Å². The fraction of sp³-hybridized carbons (Fsp3) is 0.438. The lowest BCUT2D eigenvalue weighted by molar-refractivity contribution is -0.132. The van der Waals surface area contributed by atoms with E-state index < -0.39 is 0 Å². The summed E-state index contributed by atoms with van der Waals surface area (Å²) in [6.45, 7) is 1.49. The number of carbonyl (C=O) groups is 1. The summed E-state index contributed by atoms with van der Waals surface area (Å²) in [5.74, 6) is 0.957. The Kier molecular flexibility index (Phi) is 4.48. The molecule has 2 heterocycles. The number of aromatic nitrogens is 3. The second-order valence-corrected chi connectivity index (χ2v) is 5.69. The van der Waals surface area contributed by atoms with Crippen LogP contribution in [0.1, 0.15) is 25.1 Å². The average molecular weight is 299 g/mol. The number of carbonyl (C=O) groups excluding carboxylic acids is 1. The normalized spacial score (nSPS) is 18.4. The van der Waals surface area contributed by atoms with Crippen LogP contribution < -0.4 is 5.73 Å². The number of piperidine rings is 1. The summed E-state index contributed by atoms with van der Waals surface area (Å²) in [6.07, 6.45) is 4.71. The first kappa shape index (κ1) is 14.7. The van der Waals surface area contributed by atoms with E-state index in [4.69, 9.17) is 5.73 Å². The van der Waals surface area contributed by atoms with E-state index in [0.29, 0.717) is 19.4 Å². The van der Waals surface area contributed by atoms with Crippen LogP contribution >= 0.6 is 0 Å². The van der Waals surface area contributed by atoms with Gasteiger partial charge in [0.15, 0.2) is 0 Å². The molecule has 0 aliphatic carbocycles. The van der Waals surface area contributed by atoms with Crippen molar-refractivity contribution in [3.05, 3.63) is 42.5 Å². The molecule has 1 aromatic carbocycles. The molecule has 22 heavy (non-hydrogen) atoms. The largest absolute Gasteiger partial charge is 0.341 e. The van der Waals surface area contributed by atoms with Gasteiger partial charge >= 0.3 is 0 Å². The Morgan fingerprint density at radius 3 is 2.91 bits per heavy atom. The van der Waals surface area contributed by atoms with Gasteiger partial charge in [-0.05, 0) is 25.0 Å². The standard InChI is InChI=1S/C16H21N5O/c17-13-5-4-10-20(11-13)16(22)9-8-15-19-18-12-21(15)14-6-2-1-3-7-14/h1-3,6-7,12-13H,4-5,8-11,17H2. The van der Waals surface area contributed by atoms with Gasteiger partial charge in [-0.3, -0.25) is 9.36 Å². The maximum absolute atomic E-state index is 12.3. The minimum atomic E-state index is 0.116. The second kappa shape index (κ2) is 6.70. The molecule has 0 radical (unpaired) electrons. The van der Waals surface area contributed by atoms with Crippen LogP contribution in [0.15, 0.2) is 36.7 Å². The van der Waals surface area contributed by atoms with Crippen LogP contribution in [0.5, 0.6) is 0 Å². The van der Waals surface area contributed by atoms with Gasteiger partial charge in [-0.2, -0.15) is 0 Å². The molecular weight excluding hydrogens is 278 g/mol. The highest BCUT2D eigenvalue weighted by atomic mass is 16.2. The zero-order valence-corrected chi connectivity index (χ0v) is 12.6. The molecule has 1 atom stereocenters. The van der Waals surface area contributed by atoms with Gasteiger partial charge in [-0.15, -0.1) is 10.2 Å². The van der Waals surface area contributed by atoms with Gasteiger partial charge < -0.3 is 10.6 Å². The van der Waals surface area contributed by atoms with Gasteiger partial charge in [-0.25, -0.2) is 0 Å². The van der Waals surface area contributed by atoms with Crippen molar-refractivity contribution in [2.75, 3.05) is 13.1 Å². The molecule has 0 spiro atoms. The third kappa shape index (κ3) is 3.33. The smallest absolute Gasteiger partial charge is 0.223 e.